The van der Waals surface area contributed by atoms with E-state index in [0.717, 1.165) is 41.7 Å². The molecule has 100 valence electrons. The molecule has 0 saturated carbocycles. The number of rotatable bonds is 1. The first-order chi connectivity index (χ1) is 9.81. The van der Waals surface area contributed by atoms with Gasteiger partial charge in [-0.05, 0) is 54.8 Å². The van der Waals surface area contributed by atoms with E-state index in [9.17, 15) is 0 Å². The Balaban J connectivity index is 1.84. The highest BCUT2D eigenvalue weighted by Crippen LogP contribution is 2.28. The van der Waals surface area contributed by atoms with E-state index in [4.69, 9.17) is 4.42 Å². The number of oxazole rings is 1. The molecule has 1 aliphatic heterocycles. The molecule has 0 bridgehead atoms. The average molecular weight is 264 g/mol. The molecule has 0 unspecified atom stereocenters. The molecule has 20 heavy (non-hydrogen) atoms. The first kappa shape index (κ1) is 11.7. The van der Waals surface area contributed by atoms with Crippen LogP contribution in [0.3, 0.4) is 0 Å². The smallest absolute Gasteiger partial charge is 0.227 e. The first-order valence-corrected chi connectivity index (χ1v) is 7.00. The molecule has 1 aliphatic rings. The van der Waals surface area contributed by atoms with E-state index >= 15 is 0 Å². The van der Waals surface area contributed by atoms with Crippen molar-refractivity contribution in [3.63, 3.8) is 0 Å². The number of para-hydroxylation sites is 1. The molecule has 0 amide bonds. The number of benzene rings is 2. The fourth-order valence-corrected chi connectivity index (χ4v) is 2.82. The SMILES string of the molecule is Cc1cccc2oc(-c3ccc4c(c3)CNCC4)nc12. The lowest BCUT2D eigenvalue weighted by molar-refractivity contribution is 0.617. The lowest BCUT2D eigenvalue weighted by Gasteiger charge is -2.17. The monoisotopic (exact) mass is 264 g/mol. The fourth-order valence-electron chi connectivity index (χ4n) is 2.82. The third-order valence-corrected chi connectivity index (χ3v) is 3.96. The van der Waals surface area contributed by atoms with E-state index in [1.54, 1.807) is 0 Å². The summed E-state index contributed by atoms with van der Waals surface area (Å²) in [5.41, 5.74) is 6.81. The number of hydrogen-bond acceptors (Lipinski definition) is 3. The van der Waals surface area contributed by atoms with Crippen LogP contribution in [0.15, 0.2) is 40.8 Å². The van der Waals surface area contributed by atoms with Crippen LogP contribution in [0, 0.1) is 6.92 Å². The maximum Gasteiger partial charge on any atom is 0.227 e. The van der Waals surface area contributed by atoms with Gasteiger partial charge < -0.3 is 9.73 Å². The minimum atomic E-state index is 0.711. The van der Waals surface area contributed by atoms with Crippen LogP contribution in [0.5, 0.6) is 0 Å². The Hall–Kier alpha value is -2.13. The molecule has 3 aromatic rings. The van der Waals surface area contributed by atoms with E-state index in [0.29, 0.717) is 5.89 Å². The second-order valence-corrected chi connectivity index (χ2v) is 5.35. The summed E-state index contributed by atoms with van der Waals surface area (Å²) in [6, 6.07) is 12.5. The van der Waals surface area contributed by atoms with E-state index in [2.05, 4.69) is 41.5 Å². The Morgan fingerprint density at radius 2 is 2.10 bits per heavy atom. The number of nitrogens with zero attached hydrogens (tertiary/aromatic N) is 1. The molecule has 2 aromatic carbocycles. The van der Waals surface area contributed by atoms with Crippen LogP contribution in [0.25, 0.3) is 22.6 Å². The Morgan fingerprint density at radius 1 is 1.15 bits per heavy atom. The van der Waals surface area contributed by atoms with Gasteiger partial charge in [-0.3, -0.25) is 0 Å². The number of fused-ring (bicyclic) bond motifs is 2. The molecule has 0 radical (unpaired) electrons. The molecule has 0 fully saturated rings. The zero-order valence-electron chi connectivity index (χ0n) is 11.4. The summed E-state index contributed by atoms with van der Waals surface area (Å²) < 4.78 is 5.89. The quantitative estimate of drug-likeness (QED) is 0.731. The highest BCUT2D eigenvalue weighted by Gasteiger charge is 2.13. The summed E-state index contributed by atoms with van der Waals surface area (Å²) in [6.07, 6.45) is 1.10. The summed E-state index contributed by atoms with van der Waals surface area (Å²) in [5.74, 6) is 0.711. The van der Waals surface area contributed by atoms with Crippen LogP contribution >= 0.6 is 0 Å². The van der Waals surface area contributed by atoms with Crippen molar-refractivity contribution in [3.05, 3.63) is 53.1 Å². The zero-order valence-corrected chi connectivity index (χ0v) is 11.4. The molecule has 2 heterocycles. The molecular weight excluding hydrogens is 248 g/mol. The van der Waals surface area contributed by atoms with Gasteiger partial charge in [-0.1, -0.05) is 18.2 Å². The fraction of sp³-hybridized carbons (Fsp3) is 0.235. The van der Waals surface area contributed by atoms with Crippen LogP contribution in [-0.2, 0) is 13.0 Å². The van der Waals surface area contributed by atoms with Crippen molar-refractivity contribution in [2.75, 3.05) is 6.54 Å². The van der Waals surface area contributed by atoms with Gasteiger partial charge in [0, 0.05) is 12.1 Å². The zero-order chi connectivity index (χ0) is 13.5. The molecule has 0 saturated heterocycles. The predicted octanol–water partition coefficient (Wildman–Crippen LogP) is 3.45. The first-order valence-electron chi connectivity index (χ1n) is 7.00. The van der Waals surface area contributed by atoms with Gasteiger partial charge in [0.1, 0.15) is 5.52 Å². The molecule has 0 spiro atoms. The number of aryl methyl sites for hydroxylation is 1. The Bertz CT molecular complexity index is 789. The average Bonchev–Trinajstić information content (AvgIpc) is 2.92. The van der Waals surface area contributed by atoms with Crippen molar-refractivity contribution < 1.29 is 4.42 Å². The van der Waals surface area contributed by atoms with Crippen molar-refractivity contribution in [3.8, 4) is 11.5 Å². The minimum absolute atomic E-state index is 0.711. The standard InChI is InChI=1S/C17H16N2O/c1-11-3-2-4-15-16(11)19-17(20-15)13-6-5-12-7-8-18-10-14(12)9-13/h2-6,9,18H,7-8,10H2,1H3. The molecule has 0 atom stereocenters. The van der Waals surface area contributed by atoms with Gasteiger partial charge in [0.2, 0.25) is 5.89 Å². The molecule has 1 N–H and O–H groups in total. The maximum absolute atomic E-state index is 5.89. The summed E-state index contributed by atoms with van der Waals surface area (Å²) in [5, 5.41) is 3.40. The summed E-state index contributed by atoms with van der Waals surface area (Å²) >= 11 is 0. The van der Waals surface area contributed by atoms with Gasteiger partial charge >= 0.3 is 0 Å². The highest BCUT2D eigenvalue weighted by molar-refractivity contribution is 5.79. The number of aromatic nitrogens is 1. The Morgan fingerprint density at radius 3 is 3.00 bits per heavy atom. The molecular formula is C17H16N2O. The van der Waals surface area contributed by atoms with E-state index in [1.165, 1.54) is 11.1 Å². The van der Waals surface area contributed by atoms with E-state index in [1.807, 2.05) is 12.1 Å². The van der Waals surface area contributed by atoms with Crippen LogP contribution in [0.2, 0.25) is 0 Å². The molecule has 0 aliphatic carbocycles. The van der Waals surface area contributed by atoms with Crippen LogP contribution in [0.4, 0.5) is 0 Å². The van der Waals surface area contributed by atoms with Crippen molar-refractivity contribution in [2.24, 2.45) is 0 Å². The van der Waals surface area contributed by atoms with Crippen LogP contribution in [0.1, 0.15) is 16.7 Å². The number of nitrogens with one attached hydrogen (secondary N) is 1. The number of hydrogen-bond donors (Lipinski definition) is 1. The topological polar surface area (TPSA) is 38.1 Å². The minimum Gasteiger partial charge on any atom is -0.436 e. The van der Waals surface area contributed by atoms with E-state index in [-0.39, 0.29) is 0 Å². The normalized spacial score (nSPS) is 14.4. The lowest BCUT2D eigenvalue weighted by Crippen LogP contribution is -2.23. The van der Waals surface area contributed by atoms with Gasteiger partial charge in [-0.2, -0.15) is 0 Å². The second kappa shape index (κ2) is 4.46. The van der Waals surface area contributed by atoms with Gasteiger partial charge in [-0.25, -0.2) is 4.98 Å². The summed E-state index contributed by atoms with van der Waals surface area (Å²) in [4.78, 5) is 4.64. The third kappa shape index (κ3) is 1.82. The molecule has 4 rings (SSSR count). The summed E-state index contributed by atoms with van der Waals surface area (Å²) in [6.45, 7) is 4.06. The van der Waals surface area contributed by atoms with Gasteiger partial charge in [0.05, 0.1) is 0 Å². The Labute approximate surface area is 117 Å². The summed E-state index contributed by atoms with van der Waals surface area (Å²) in [7, 11) is 0. The molecule has 3 nitrogen and oxygen atoms in total. The van der Waals surface area contributed by atoms with E-state index < -0.39 is 0 Å². The van der Waals surface area contributed by atoms with Crippen molar-refractivity contribution in [1.82, 2.24) is 10.3 Å². The van der Waals surface area contributed by atoms with Crippen molar-refractivity contribution in [1.29, 1.82) is 0 Å². The maximum atomic E-state index is 5.89. The molecule has 3 heteroatoms. The highest BCUT2D eigenvalue weighted by atomic mass is 16.3. The molecule has 1 aromatic heterocycles. The van der Waals surface area contributed by atoms with Crippen LogP contribution < -0.4 is 5.32 Å². The lowest BCUT2D eigenvalue weighted by atomic mass is 9.98. The van der Waals surface area contributed by atoms with Gasteiger partial charge in [-0.15, -0.1) is 0 Å². The predicted molar refractivity (Wildman–Crippen MR) is 79.6 cm³/mol. The van der Waals surface area contributed by atoms with Crippen molar-refractivity contribution in [2.45, 2.75) is 19.9 Å². The largest absolute Gasteiger partial charge is 0.436 e. The third-order valence-electron chi connectivity index (χ3n) is 3.96. The van der Waals surface area contributed by atoms with Gasteiger partial charge in [0.15, 0.2) is 5.58 Å². The van der Waals surface area contributed by atoms with Gasteiger partial charge in [0.25, 0.3) is 0 Å². The van der Waals surface area contributed by atoms with Crippen LogP contribution in [-0.4, -0.2) is 11.5 Å². The second-order valence-electron chi connectivity index (χ2n) is 5.35. The van der Waals surface area contributed by atoms with Crippen molar-refractivity contribution >= 4 is 11.1 Å². The Kier molecular flexibility index (Phi) is 2.60.